The van der Waals surface area contributed by atoms with Crippen molar-refractivity contribution in [1.29, 1.82) is 0 Å². The number of benzene rings is 1. The van der Waals surface area contributed by atoms with Crippen molar-refractivity contribution in [2.24, 2.45) is 0 Å². The highest BCUT2D eigenvalue weighted by Crippen LogP contribution is 2.21. The number of amides is 2. The first kappa shape index (κ1) is 17.5. The summed E-state index contributed by atoms with van der Waals surface area (Å²) in [7, 11) is 0. The molecule has 5 nitrogen and oxygen atoms in total. The van der Waals surface area contributed by atoms with E-state index in [-0.39, 0.29) is 24.1 Å². The van der Waals surface area contributed by atoms with Crippen molar-refractivity contribution in [3.05, 3.63) is 40.9 Å². The Morgan fingerprint density at radius 1 is 1.26 bits per heavy atom. The fourth-order valence-corrected chi connectivity index (χ4v) is 3.58. The molecule has 7 heteroatoms. The summed E-state index contributed by atoms with van der Waals surface area (Å²) in [5, 5.41) is 7.39. The Morgan fingerprint density at radius 2 is 2.04 bits per heavy atom. The van der Waals surface area contributed by atoms with Gasteiger partial charge in [-0.1, -0.05) is 36.9 Å². The lowest BCUT2D eigenvalue weighted by molar-refractivity contribution is -0.122. The molecule has 0 saturated heterocycles. The van der Waals surface area contributed by atoms with Crippen LogP contribution in [-0.4, -0.2) is 29.1 Å². The number of anilines is 1. The van der Waals surface area contributed by atoms with Crippen LogP contribution in [0.5, 0.6) is 0 Å². The molecule has 0 fully saturated rings. The predicted molar refractivity (Wildman–Crippen MR) is 95.0 cm³/mol. The Labute approximate surface area is 143 Å². The maximum atomic E-state index is 11.9. The second-order valence-corrected chi connectivity index (χ2v) is 6.96. The number of aryl methyl sites for hydroxylation is 2. The van der Waals surface area contributed by atoms with Crippen molar-refractivity contribution in [3.8, 4) is 0 Å². The first-order valence-electron chi connectivity index (χ1n) is 7.28. The van der Waals surface area contributed by atoms with E-state index in [1.807, 2.05) is 43.5 Å². The zero-order chi connectivity index (χ0) is 16.7. The van der Waals surface area contributed by atoms with Gasteiger partial charge in [0.2, 0.25) is 11.8 Å². The zero-order valence-electron chi connectivity index (χ0n) is 13.1. The van der Waals surface area contributed by atoms with E-state index < -0.39 is 0 Å². The summed E-state index contributed by atoms with van der Waals surface area (Å²) in [5.41, 5.74) is 2.82. The number of thiazole rings is 1. The van der Waals surface area contributed by atoms with Crippen molar-refractivity contribution < 1.29 is 9.59 Å². The molecular formula is C16H19N3O2S2. The molecule has 0 unspecified atom stereocenters. The van der Waals surface area contributed by atoms with Crippen LogP contribution in [0.15, 0.2) is 34.0 Å². The van der Waals surface area contributed by atoms with Crippen LogP contribution >= 0.6 is 23.1 Å². The summed E-state index contributed by atoms with van der Waals surface area (Å²) >= 11 is 2.89. The lowest BCUT2D eigenvalue weighted by Crippen LogP contribution is -2.34. The lowest BCUT2D eigenvalue weighted by Gasteiger charge is -2.10. The van der Waals surface area contributed by atoms with E-state index >= 15 is 0 Å². The van der Waals surface area contributed by atoms with E-state index in [4.69, 9.17) is 0 Å². The van der Waals surface area contributed by atoms with Gasteiger partial charge in [-0.15, -0.1) is 11.3 Å². The average molecular weight is 349 g/mol. The molecule has 1 heterocycles. The van der Waals surface area contributed by atoms with Gasteiger partial charge >= 0.3 is 0 Å². The second-order valence-electron chi connectivity index (χ2n) is 4.88. The van der Waals surface area contributed by atoms with Gasteiger partial charge in [-0.05, 0) is 25.0 Å². The third-order valence-corrected chi connectivity index (χ3v) is 5.18. The number of rotatable bonds is 7. The van der Waals surface area contributed by atoms with Crippen LogP contribution in [0.4, 0.5) is 5.69 Å². The largest absolute Gasteiger partial charge is 0.346 e. The molecule has 0 aliphatic carbocycles. The van der Waals surface area contributed by atoms with Crippen LogP contribution < -0.4 is 10.6 Å². The van der Waals surface area contributed by atoms with Gasteiger partial charge in [0.15, 0.2) is 4.34 Å². The van der Waals surface area contributed by atoms with Crippen LogP contribution in [0.2, 0.25) is 0 Å². The van der Waals surface area contributed by atoms with Gasteiger partial charge in [0, 0.05) is 16.8 Å². The Balaban J connectivity index is 1.74. The van der Waals surface area contributed by atoms with E-state index in [9.17, 15) is 9.59 Å². The quantitative estimate of drug-likeness (QED) is 0.754. The lowest BCUT2D eigenvalue weighted by atomic mass is 10.1. The third-order valence-electron chi connectivity index (χ3n) is 3.04. The molecule has 1 aromatic carbocycles. The van der Waals surface area contributed by atoms with Crippen molar-refractivity contribution >= 4 is 40.6 Å². The van der Waals surface area contributed by atoms with Crippen LogP contribution in [0, 0.1) is 6.92 Å². The van der Waals surface area contributed by atoms with Gasteiger partial charge in [-0.25, -0.2) is 4.98 Å². The summed E-state index contributed by atoms with van der Waals surface area (Å²) in [4.78, 5) is 28.0. The molecule has 1 aromatic heterocycles. The van der Waals surface area contributed by atoms with Crippen LogP contribution in [0.1, 0.15) is 18.2 Å². The zero-order valence-corrected chi connectivity index (χ0v) is 14.7. The average Bonchev–Trinajstić information content (AvgIpc) is 2.97. The minimum absolute atomic E-state index is 0.0334. The first-order chi connectivity index (χ1) is 11.1. The van der Waals surface area contributed by atoms with Gasteiger partial charge in [0.1, 0.15) is 0 Å². The van der Waals surface area contributed by atoms with Gasteiger partial charge in [0.05, 0.1) is 12.3 Å². The predicted octanol–water partition coefficient (Wildman–Crippen LogP) is 2.86. The molecule has 0 aliphatic rings. The highest BCUT2D eigenvalue weighted by Gasteiger charge is 2.09. The van der Waals surface area contributed by atoms with Crippen LogP contribution in [0.3, 0.4) is 0 Å². The number of hydrogen-bond donors (Lipinski definition) is 2. The molecule has 23 heavy (non-hydrogen) atoms. The standard InChI is InChI=1S/C16H19N3O2S2/c1-3-12-6-4-5-7-13(12)19-14(20)8-17-15(21)10-23-16-18-11(2)9-22-16/h4-7,9H,3,8,10H2,1-2H3,(H,17,21)(H,19,20). The fourth-order valence-electron chi connectivity index (χ4n) is 1.90. The van der Waals surface area contributed by atoms with Crippen molar-refractivity contribution in [2.45, 2.75) is 24.6 Å². The van der Waals surface area contributed by atoms with E-state index in [1.54, 1.807) is 0 Å². The molecule has 2 aromatic rings. The van der Waals surface area contributed by atoms with Gasteiger partial charge in [0.25, 0.3) is 0 Å². The summed E-state index contributed by atoms with van der Waals surface area (Å²) in [6.45, 7) is 3.91. The molecule has 2 rings (SSSR count). The number of nitrogens with zero attached hydrogens (tertiary/aromatic N) is 1. The van der Waals surface area contributed by atoms with Crippen LogP contribution in [0.25, 0.3) is 0 Å². The number of para-hydroxylation sites is 1. The number of hydrogen-bond acceptors (Lipinski definition) is 5. The number of nitrogens with one attached hydrogen (secondary N) is 2. The highest BCUT2D eigenvalue weighted by atomic mass is 32.2. The topological polar surface area (TPSA) is 71.1 Å². The maximum Gasteiger partial charge on any atom is 0.243 e. The van der Waals surface area contributed by atoms with Crippen molar-refractivity contribution in [2.75, 3.05) is 17.6 Å². The molecule has 0 aliphatic heterocycles. The summed E-state index contributed by atoms with van der Waals surface area (Å²) in [6, 6.07) is 7.65. The highest BCUT2D eigenvalue weighted by molar-refractivity contribution is 8.01. The van der Waals surface area contributed by atoms with E-state index in [0.717, 1.165) is 27.7 Å². The summed E-state index contributed by atoms with van der Waals surface area (Å²) in [5.74, 6) is -0.151. The van der Waals surface area contributed by atoms with Crippen LogP contribution in [-0.2, 0) is 16.0 Å². The molecule has 0 bridgehead atoms. The Kier molecular flexibility index (Phi) is 6.61. The smallest absolute Gasteiger partial charge is 0.243 e. The number of thioether (sulfide) groups is 1. The Hall–Kier alpha value is -1.86. The van der Waals surface area contributed by atoms with Crippen molar-refractivity contribution in [3.63, 3.8) is 0 Å². The minimum atomic E-state index is -0.227. The molecule has 122 valence electrons. The maximum absolute atomic E-state index is 11.9. The van der Waals surface area contributed by atoms with Gasteiger partial charge < -0.3 is 10.6 Å². The third kappa shape index (κ3) is 5.69. The SMILES string of the molecule is CCc1ccccc1NC(=O)CNC(=O)CSc1nc(C)cs1. The van der Waals surface area contributed by atoms with E-state index in [2.05, 4.69) is 15.6 Å². The number of carbonyl (C=O) groups excluding carboxylic acids is 2. The van der Waals surface area contributed by atoms with E-state index in [1.165, 1.54) is 23.1 Å². The molecule has 0 saturated carbocycles. The van der Waals surface area contributed by atoms with Gasteiger partial charge in [-0.2, -0.15) is 0 Å². The molecule has 0 atom stereocenters. The molecule has 0 radical (unpaired) electrons. The molecule has 0 spiro atoms. The molecule has 2 N–H and O–H groups in total. The Morgan fingerprint density at radius 3 is 2.74 bits per heavy atom. The minimum Gasteiger partial charge on any atom is -0.346 e. The number of aromatic nitrogens is 1. The molecular weight excluding hydrogens is 330 g/mol. The normalized spacial score (nSPS) is 10.3. The first-order valence-corrected chi connectivity index (χ1v) is 9.14. The second kappa shape index (κ2) is 8.69. The number of carbonyl (C=O) groups is 2. The monoisotopic (exact) mass is 349 g/mol. The summed E-state index contributed by atoms with van der Waals surface area (Å²) < 4.78 is 0.860. The summed E-state index contributed by atoms with van der Waals surface area (Å²) in [6.07, 6.45) is 0.840. The fraction of sp³-hybridized carbons (Fsp3) is 0.312. The Bertz CT molecular complexity index is 685. The van der Waals surface area contributed by atoms with Gasteiger partial charge in [-0.3, -0.25) is 9.59 Å². The van der Waals surface area contributed by atoms with Crippen molar-refractivity contribution in [1.82, 2.24) is 10.3 Å². The molecule has 2 amide bonds. The van der Waals surface area contributed by atoms with E-state index in [0.29, 0.717) is 0 Å².